The molecule has 0 amide bonds. The number of rotatable bonds is 5. The van der Waals surface area contributed by atoms with E-state index in [1.54, 1.807) is 22.8 Å². The van der Waals surface area contributed by atoms with E-state index < -0.39 is 17.5 Å². The van der Waals surface area contributed by atoms with Crippen molar-refractivity contribution in [2.75, 3.05) is 0 Å². The number of hydrogen-bond acceptors (Lipinski definition) is 3. The van der Waals surface area contributed by atoms with Crippen molar-refractivity contribution in [3.63, 3.8) is 0 Å². The lowest BCUT2D eigenvalue weighted by molar-refractivity contribution is 0.591. The zero-order valence-corrected chi connectivity index (χ0v) is 16.3. The van der Waals surface area contributed by atoms with Gasteiger partial charge >= 0.3 is 0 Å². The molecule has 0 aliphatic heterocycles. The fourth-order valence-electron chi connectivity index (χ4n) is 3.01. The minimum Gasteiger partial charge on any atom is -0.270 e. The van der Waals surface area contributed by atoms with Crippen LogP contribution >= 0.6 is 11.8 Å². The van der Waals surface area contributed by atoms with Crippen molar-refractivity contribution in [2.24, 2.45) is 0 Å². The quantitative estimate of drug-likeness (QED) is 0.380. The standard InChI is InChI=1S/C22H16F3N3S/c1-14-6-2-5-9-20(14)28-21(17-7-3-4-8-19(17)25)26-27-22(28)29-13-15-12-16(23)10-11-18(15)24/h2-12H,13H2,1H3. The zero-order chi connectivity index (χ0) is 20.4. The summed E-state index contributed by atoms with van der Waals surface area (Å²) < 4.78 is 43.7. The maximum Gasteiger partial charge on any atom is 0.196 e. The second-order valence-corrected chi connectivity index (χ2v) is 7.37. The van der Waals surface area contributed by atoms with Crippen molar-refractivity contribution in [1.82, 2.24) is 14.8 Å². The molecule has 0 unspecified atom stereocenters. The lowest BCUT2D eigenvalue weighted by Crippen LogP contribution is -2.03. The van der Waals surface area contributed by atoms with Crippen LogP contribution in [0.2, 0.25) is 0 Å². The minimum absolute atomic E-state index is 0.158. The van der Waals surface area contributed by atoms with Crippen LogP contribution in [0.25, 0.3) is 17.1 Å². The molecule has 29 heavy (non-hydrogen) atoms. The summed E-state index contributed by atoms with van der Waals surface area (Å²) in [5, 5.41) is 8.87. The van der Waals surface area contributed by atoms with Gasteiger partial charge in [-0.15, -0.1) is 10.2 Å². The Morgan fingerprint density at radius 3 is 2.41 bits per heavy atom. The van der Waals surface area contributed by atoms with E-state index in [2.05, 4.69) is 10.2 Å². The average molecular weight is 411 g/mol. The van der Waals surface area contributed by atoms with Crippen molar-refractivity contribution in [1.29, 1.82) is 0 Å². The topological polar surface area (TPSA) is 30.7 Å². The maximum absolute atomic E-state index is 14.4. The number of halogens is 3. The molecule has 0 aliphatic rings. The molecule has 146 valence electrons. The lowest BCUT2D eigenvalue weighted by Gasteiger charge is -2.13. The smallest absolute Gasteiger partial charge is 0.196 e. The highest BCUT2D eigenvalue weighted by molar-refractivity contribution is 7.98. The first-order valence-electron chi connectivity index (χ1n) is 8.87. The Morgan fingerprint density at radius 2 is 1.62 bits per heavy atom. The normalized spacial score (nSPS) is 11.0. The minimum atomic E-state index is -0.505. The van der Waals surface area contributed by atoms with Crippen molar-refractivity contribution in [3.05, 3.63) is 95.3 Å². The molecular weight excluding hydrogens is 395 g/mol. The van der Waals surface area contributed by atoms with E-state index in [-0.39, 0.29) is 11.3 Å². The molecule has 0 atom stereocenters. The predicted octanol–water partition coefficient (Wildman–Crippen LogP) is 5.95. The fourth-order valence-corrected chi connectivity index (χ4v) is 3.93. The Balaban J connectivity index is 1.79. The van der Waals surface area contributed by atoms with Gasteiger partial charge in [-0.1, -0.05) is 42.1 Å². The van der Waals surface area contributed by atoms with E-state index in [0.717, 1.165) is 29.4 Å². The molecule has 0 N–H and O–H groups in total. The van der Waals surface area contributed by atoms with Gasteiger partial charge in [0.15, 0.2) is 11.0 Å². The lowest BCUT2D eigenvalue weighted by atomic mass is 10.1. The molecule has 4 aromatic rings. The number of para-hydroxylation sites is 1. The van der Waals surface area contributed by atoms with Crippen LogP contribution in [0.4, 0.5) is 13.2 Å². The van der Waals surface area contributed by atoms with Crippen molar-refractivity contribution in [3.8, 4) is 17.1 Å². The van der Waals surface area contributed by atoms with Gasteiger partial charge in [0.05, 0.1) is 11.3 Å². The van der Waals surface area contributed by atoms with Gasteiger partial charge in [-0.05, 0) is 48.9 Å². The summed E-state index contributed by atoms with van der Waals surface area (Å²) in [5.74, 6) is -0.906. The molecule has 1 heterocycles. The van der Waals surface area contributed by atoms with Crippen LogP contribution in [0.15, 0.2) is 71.9 Å². The van der Waals surface area contributed by atoms with Gasteiger partial charge in [0.2, 0.25) is 0 Å². The van der Waals surface area contributed by atoms with Crippen LogP contribution in [0.3, 0.4) is 0 Å². The second-order valence-electron chi connectivity index (χ2n) is 6.43. The summed E-state index contributed by atoms with van der Waals surface area (Å²) in [6, 6.07) is 17.3. The molecular formula is C22H16F3N3S. The second kappa shape index (κ2) is 8.13. The van der Waals surface area contributed by atoms with Crippen LogP contribution in [0.1, 0.15) is 11.1 Å². The van der Waals surface area contributed by atoms with Gasteiger partial charge in [-0.3, -0.25) is 4.57 Å². The number of nitrogens with zero attached hydrogens (tertiary/aromatic N) is 3. The summed E-state index contributed by atoms with van der Waals surface area (Å²) >= 11 is 1.21. The van der Waals surface area contributed by atoms with Crippen LogP contribution < -0.4 is 0 Å². The Hall–Kier alpha value is -3.06. The first-order valence-corrected chi connectivity index (χ1v) is 9.86. The molecule has 7 heteroatoms. The molecule has 0 spiro atoms. The monoisotopic (exact) mass is 411 g/mol. The Labute approximate surface area is 170 Å². The van der Waals surface area contributed by atoms with E-state index in [1.165, 1.54) is 17.8 Å². The zero-order valence-electron chi connectivity index (χ0n) is 15.4. The molecule has 0 fully saturated rings. The van der Waals surface area contributed by atoms with Crippen LogP contribution in [-0.4, -0.2) is 14.8 Å². The molecule has 0 radical (unpaired) electrons. The highest BCUT2D eigenvalue weighted by atomic mass is 32.2. The van der Waals surface area contributed by atoms with Gasteiger partial charge in [-0.25, -0.2) is 13.2 Å². The third kappa shape index (κ3) is 3.91. The number of aryl methyl sites for hydroxylation is 1. The van der Waals surface area contributed by atoms with Crippen molar-refractivity contribution < 1.29 is 13.2 Å². The van der Waals surface area contributed by atoms with E-state index in [1.807, 2.05) is 31.2 Å². The molecule has 0 saturated carbocycles. The summed E-state index contributed by atoms with van der Waals surface area (Å²) in [4.78, 5) is 0. The van der Waals surface area contributed by atoms with Gasteiger partial charge < -0.3 is 0 Å². The Bertz CT molecular complexity index is 1170. The first kappa shape index (κ1) is 19.3. The van der Waals surface area contributed by atoms with E-state index in [0.29, 0.717) is 16.5 Å². The highest BCUT2D eigenvalue weighted by Gasteiger charge is 2.20. The fraction of sp³-hybridized carbons (Fsp3) is 0.0909. The Morgan fingerprint density at radius 1 is 0.862 bits per heavy atom. The number of aromatic nitrogens is 3. The highest BCUT2D eigenvalue weighted by Crippen LogP contribution is 2.32. The molecule has 4 rings (SSSR count). The van der Waals surface area contributed by atoms with Gasteiger partial charge in [0.1, 0.15) is 17.5 Å². The largest absolute Gasteiger partial charge is 0.270 e. The molecule has 0 saturated heterocycles. The van der Waals surface area contributed by atoms with Crippen molar-refractivity contribution in [2.45, 2.75) is 17.8 Å². The van der Waals surface area contributed by atoms with E-state index >= 15 is 0 Å². The summed E-state index contributed by atoms with van der Waals surface area (Å²) in [5.41, 5.74) is 2.27. The van der Waals surface area contributed by atoms with Crippen LogP contribution in [-0.2, 0) is 5.75 Å². The van der Waals surface area contributed by atoms with E-state index in [9.17, 15) is 13.2 Å². The van der Waals surface area contributed by atoms with Crippen LogP contribution in [0.5, 0.6) is 0 Å². The molecule has 0 bridgehead atoms. The summed E-state index contributed by atoms with van der Waals surface area (Å²) in [7, 11) is 0. The van der Waals surface area contributed by atoms with E-state index in [4.69, 9.17) is 0 Å². The van der Waals surface area contributed by atoms with Crippen molar-refractivity contribution >= 4 is 11.8 Å². The number of benzene rings is 3. The molecule has 3 nitrogen and oxygen atoms in total. The maximum atomic E-state index is 14.4. The first-order chi connectivity index (χ1) is 14.0. The molecule has 0 aliphatic carbocycles. The molecule has 1 aromatic heterocycles. The Kier molecular flexibility index (Phi) is 5.40. The third-order valence-corrected chi connectivity index (χ3v) is 5.45. The average Bonchev–Trinajstić information content (AvgIpc) is 3.13. The number of thioether (sulfide) groups is 1. The van der Waals surface area contributed by atoms with Gasteiger partial charge in [0, 0.05) is 11.3 Å². The SMILES string of the molecule is Cc1ccccc1-n1c(SCc2cc(F)ccc2F)nnc1-c1ccccc1F. The van der Waals surface area contributed by atoms with Crippen LogP contribution in [0, 0.1) is 24.4 Å². The predicted molar refractivity (Wildman–Crippen MR) is 107 cm³/mol. The third-order valence-electron chi connectivity index (χ3n) is 4.47. The van der Waals surface area contributed by atoms with Gasteiger partial charge in [0.25, 0.3) is 0 Å². The summed E-state index contributed by atoms with van der Waals surface area (Å²) in [6.07, 6.45) is 0. The number of hydrogen-bond donors (Lipinski definition) is 0. The van der Waals surface area contributed by atoms with Gasteiger partial charge in [-0.2, -0.15) is 0 Å². The molecule has 3 aromatic carbocycles. The summed E-state index contributed by atoms with van der Waals surface area (Å²) in [6.45, 7) is 1.93.